The van der Waals surface area contributed by atoms with Gasteiger partial charge in [-0.1, -0.05) is 6.07 Å². The zero-order valence-electron chi connectivity index (χ0n) is 10.6. The summed E-state index contributed by atoms with van der Waals surface area (Å²) in [5, 5.41) is 14.0. The van der Waals surface area contributed by atoms with Crippen molar-refractivity contribution in [2.75, 3.05) is 25.5 Å². The minimum atomic E-state index is -0.145. The fourth-order valence-corrected chi connectivity index (χ4v) is 1.46. The number of carbonyl (C=O) groups is 1. The van der Waals surface area contributed by atoms with Crippen molar-refractivity contribution in [3.05, 3.63) is 23.8 Å². The summed E-state index contributed by atoms with van der Waals surface area (Å²) in [6, 6.07) is 7.68. The van der Waals surface area contributed by atoms with Gasteiger partial charge >= 0.3 is 0 Å². The van der Waals surface area contributed by atoms with Gasteiger partial charge in [0.2, 0.25) is 5.91 Å². The fraction of sp³-hybridized carbons (Fsp3) is 0.385. The van der Waals surface area contributed by atoms with E-state index in [9.17, 15) is 4.79 Å². The summed E-state index contributed by atoms with van der Waals surface area (Å²) in [5.74, 6) is 0.555. The van der Waals surface area contributed by atoms with Gasteiger partial charge in [0, 0.05) is 6.54 Å². The van der Waals surface area contributed by atoms with E-state index in [1.54, 1.807) is 7.11 Å². The minimum Gasteiger partial charge on any atom is -0.495 e. The first kappa shape index (κ1) is 13.8. The minimum absolute atomic E-state index is 0.145. The molecule has 0 fully saturated rings. The Labute approximate surface area is 107 Å². The van der Waals surface area contributed by atoms with E-state index in [-0.39, 0.29) is 12.5 Å². The van der Waals surface area contributed by atoms with Crippen molar-refractivity contribution in [3.8, 4) is 11.8 Å². The molecule has 96 valence electrons. The van der Waals surface area contributed by atoms with Crippen LogP contribution in [0.15, 0.2) is 18.2 Å². The molecule has 0 saturated heterocycles. The Hall–Kier alpha value is -2.22. The predicted molar refractivity (Wildman–Crippen MR) is 69.5 cm³/mol. The number of hydrogen-bond donors (Lipinski definition) is 2. The Morgan fingerprint density at radius 3 is 2.94 bits per heavy atom. The highest BCUT2D eigenvalue weighted by molar-refractivity contribution is 5.81. The quantitative estimate of drug-likeness (QED) is 0.746. The number of aryl methyl sites for hydroxylation is 1. The Morgan fingerprint density at radius 1 is 1.50 bits per heavy atom. The van der Waals surface area contributed by atoms with E-state index >= 15 is 0 Å². The lowest BCUT2D eigenvalue weighted by Gasteiger charge is -2.11. The van der Waals surface area contributed by atoms with Crippen molar-refractivity contribution in [2.45, 2.75) is 13.3 Å². The molecule has 1 aromatic rings. The van der Waals surface area contributed by atoms with Crippen LogP contribution in [0.1, 0.15) is 12.0 Å². The lowest BCUT2D eigenvalue weighted by molar-refractivity contribution is -0.119. The average molecular weight is 247 g/mol. The molecule has 5 nitrogen and oxygen atoms in total. The van der Waals surface area contributed by atoms with Crippen LogP contribution in [-0.4, -0.2) is 26.1 Å². The van der Waals surface area contributed by atoms with Crippen LogP contribution in [0.5, 0.6) is 5.75 Å². The molecule has 0 heterocycles. The summed E-state index contributed by atoms with van der Waals surface area (Å²) in [6.07, 6.45) is 0.319. The second-order valence-corrected chi connectivity index (χ2v) is 3.82. The Bertz CT molecular complexity index is 452. The third-order valence-corrected chi connectivity index (χ3v) is 2.35. The summed E-state index contributed by atoms with van der Waals surface area (Å²) in [7, 11) is 1.59. The number of ether oxygens (including phenoxy) is 1. The number of nitrogens with zero attached hydrogens (tertiary/aromatic N) is 1. The van der Waals surface area contributed by atoms with Gasteiger partial charge in [-0.2, -0.15) is 5.26 Å². The summed E-state index contributed by atoms with van der Waals surface area (Å²) in [5.41, 5.74) is 1.87. The number of methoxy groups -OCH3 is 1. The maximum absolute atomic E-state index is 11.5. The molecular weight excluding hydrogens is 230 g/mol. The van der Waals surface area contributed by atoms with Crippen LogP contribution in [0, 0.1) is 18.3 Å². The first-order valence-electron chi connectivity index (χ1n) is 5.69. The van der Waals surface area contributed by atoms with Crippen LogP contribution < -0.4 is 15.4 Å². The van der Waals surface area contributed by atoms with Crippen LogP contribution in [0.2, 0.25) is 0 Å². The molecule has 0 saturated carbocycles. The molecule has 0 aliphatic heterocycles. The monoisotopic (exact) mass is 247 g/mol. The highest BCUT2D eigenvalue weighted by Gasteiger charge is 2.05. The van der Waals surface area contributed by atoms with Crippen LogP contribution >= 0.6 is 0 Å². The molecule has 18 heavy (non-hydrogen) atoms. The molecule has 1 rings (SSSR count). The Morgan fingerprint density at radius 2 is 2.28 bits per heavy atom. The Balaban J connectivity index is 2.50. The van der Waals surface area contributed by atoms with E-state index < -0.39 is 0 Å². The second-order valence-electron chi connectivity index (χ2n) is 3.82. The van der Waals surface area contributed by atoms with Crippen LogP contribution in [0.25, 0.3) is 0 Å². The smallest absolute Gasteiger partial charge is 0.239 e. The van der Waals surface area contributed by atoms with Crippen molar-refractivity contribution in [1.82, 2.24) is 5.32 Å². The first-order chi connectivity index (χ1) is 8.67. The second kappa shape index (κ2) is 7.17. The van der Waals surface area contributed by atoms with Crippen LogP contribution in [-0.2, 0) is 4.79 Å². The molecule has 5 heteroatoms. The third kappa shape index (κ3) is 4.34. The van der Waals surface area contributed by atoms with Crippen LogP contribution in [0.4, 0.5) is 5.69 Å². The molecule has 0 bridgehead atoms. The van der Waals surface area contributed by atoms with Gasteiger partial charge in [0.1, 0.15) is 5.75 Å². The number of nitriles is 1. The van der Waals surface area contributed by atoms with Crippen LogP contribution in [0.3, 0.4) is 0 Å². The van der Waals surface area contributed by atoms with Crippen molar-refractivity contribution in [2.24, 2.45) is 0 Å². The molecule has 0 radical (unpaired) electrons. The molecule has 0 aliphatic carbocycles. The molecule has 2 N–H and O–H groups in total. The molecular formula is C13H17N3O2. The highest BCUT2D eigenvalue weighted by Crippen LogP contribution is 2.24. The average Bonchev–Trinajstić information content (AvgIpc) is 2.37. The lowest BCUT2D eigenvalue weighted by atomic mass is 10.2. The van der Waals surface area contributed by atoms with E-state index in [0.717, 1.165) is 11.3 Å². The summed E-state index contributed by atoms with van der Waals surface area (Å²) in [4.78, 5) is 11.5. The zero-order chi connectivity index (χ0) is 13.4. The SMILES string of the molecule is COc1ccc(C)cc1NCC(=O)NCCC#N. The van der Waals surface area contributed by atoms with Gasteiger partial charge in [-0.15, -0.1) is 0 Å². The number of rotatable bonds is 6. The van der Waals surface area contributed by atoms with Gasteiger partial charge in [-0.05, 0) is 24.6 Å². The number of anilines is 1. The van der Waals surface area contributed by atoms with Crippen molar-refractivity contribution < 1.29 is 9.53 Å². The third-order valence-electron chi connectivity index (χ3n) is 2.35. The first-order valence-corrected chi connectivity index (χ1v) is 5.69. The number of hydrogen-bond acceptors (Lipinski definition) is 4. The summed E-state index contributed by atoms with van der Waals surface area (Å²) in [6.45, 7) is 2.50. The van der Waals surface area contributed by atoms with Crippen molar-refractivity contribution in [1.29, 1.82) is 5.26 Å². The van der Waals surface area contributed by atoms with Gasteiger partial charge < -0.3 is 15.4 Å². The molecule has 0 unspecified atom stereocenters. The summed E-state index contributed by atoms with van der Waals surface area (Å²) >= 11 is 0. The molecule has 0 aliphatic rings. The van der Waals surface area contributed by atoms with E-state index in [1.165, 1.54) is 0 Å². The Kier molecular flexibility index (Phi) is 5.52. The van der Waals surface area contributed by atoms with E-state index in [1.807, 2.05) is 31.2 Å². The molecule has 1 amide bonds. The number of carbonyl (C=O) groups excluding carboxylic acids is 1. The van der Waals surface area contributed by atoms with Crippen molar-refractivity contribution >= 4 is 11.6 Å². The fourth-order valence-electron chi connectivity index (χ4n) is 1.46. The molecule has 1 aromatic carbocycles. The van der Waals surface area contributed by atoms with Gasteiger partial charge in [0.05, 0.1) is 31.8 Å². The van der Waals surface area contributed by atoms with E-state index in [0.29, 0.717) is 18.7 Å². The predicted octanol–water partition coefficient (Wildman–Crippen LogP) is 1.45. The summed E-state index contributed by atoms with van der Waals surface area (Å²) < 4.78 is 5.19. The normalized spacial score (nSPS) is 9.39. The number of nitrogens with one attached hydrogen (secondary N) is 2. The zero-order valence-corrected chi connectivity index (χ0v) is 10.6. The standard InChI is InChI=1S/C13H17N3O2/c1-10-4-5-12(18-2)11(8-10)16-9-13(17)15-7-3-6-14/h4-5,8,16H,3,7,9H2,1-2H3,(H,15,17). The maximum atomic E-state index is 11.5. The van der Waals surface area contributed by atoms with E-state index in [2.05, 4.69) is 10.6 Å². The van der Waals surface area contributed by atoms with Gasteiger partial charge in [-0.25, -0.2) is 0 Å². The number of amides is 1. The lowest BCUT2D eigenvalue weighted by Crippen LogP contribution is -2.30. The molecule has 0 aromatic heterocycles. The van der Waals surface area contributed by atoms with E-state index in [4.69, 9.17) is 10.00 Å². The van der Waals surface area contributed by atoms with Gasteiger partial charge in [0.15, 0.2) is 0 Å². The van der Waals surface area contributed by atoms with Crippen molar-refractivity contribution in [3.63, 3.8) is 0 Å². The number of benzene rings is 1. The molecule has 0 atom stereocenters. The highest BCUT2D eigenvalue weighted by atomic mass is 16.5. The van der Waals surface area contributed by atoms with Gasteiger partial charge in [0.25, 0.3) is 0 Å². The topological polar surface area (TPSA) is 74.2 Å². The molecule has 0 spiro atoms. The largest absolute Gasteiger partial charge is 0.495 e. The van der Waals surface area contributed by atoms with Gasteiger partial charge in [-0.3, -0.25) is 4.79 Å². The maximum Gasteiger partial charge on any atom is 0.239 e.